The van der Waals surface area contributed by atoms with Crippen molar-refractivity contribution in [3.05, 3.63) is 29.3 Å². The SMILES string of the molecule is CNc1ccc(C(=O)NCCNC(C)=O)cc1C(F)(F)F. The largest absolute Gasteiger partial charge is 0.418 e. The van der Waals surface area contributed by atoms with E-state index in [1.165, 1.54) is 26.1 Å². The molecule has 0 aliphatic heterocycles. The molecule has 0 aromatic heterocycles. The van der Waals surface area contributed by atoms with Crippen LogP contribution in [0, 0.1) is 0 Å². The Bertz CT molecular complexity index is 530. The van der Waals surface area contributed by atoms with E-state index in [2.05, 4.69) is 16.0 Å². The number of nitrogens with one attached hydrogen (secondary N) is 3. The first-order valence-corrected chi connectivity index (χ1v) is 6.17. The minimum atomic E-state index is -4.55. The lowest BCUT2D eigenvalue weighted by Crippen LogP contribution is -2.33. The third-order valence-electron chi connectivity index (χ3n) is 2.64. The van der Waals surface area contributed by atoms with Gasteiger partial charge < -0.3 is 16.0 Å². The molecule has 1 aromatic carbocycles. The van der Waals surface area contributed by atoms with Gasteiger partial charge in [-0.2, -0.15) is 13.2 Å². The highest BCUT2D eigenvalue weighted by Gasteiger charge is 2.34. The van der Waals surface area contributed by atoms with Crippen molar-refractivity contribution in [3.8, 4) is 0 Å². The summed E-state index contributed by atoms with van der Waals surface area (Å²) in [6.45, 7) is 1.67. The van der Waals surface area contributed by atoms with E-state index in [1.54, 1.807) is 0 Å². The number of carbonyl (C=O) groups excluding carboxylic acids is 2. The monoisotopic (exact) mass is 303 g/mol. The summed E-state index contributed by atoms with van der Waals surface area (Å²) in [7, 11) is 1.37. The molecule has 0 heterocycles. The second kappa shape index (κ2) is 6.96. The van der Waals surface area contributed by atoms with E-state index < -0.39 is 17.6 Å². The Labute approximate surface area is 119 Å². The van der Waals surface area contributed by atoms with Crippen LogP contribution >= 0.6 is 0 Å². The van der Waals surface area contributed by atoms with Crippen LogP contribution in [0.5, 0.6) is 0 Å². The highest BCUT2D eigenvalue weighted by Crippen LogP contribution is 2.35. The lowest BCUT2D eigenvalue weighted by molar-refractivity contribution is -0.137. The zero-order valence-electron chi connectivity index (χ0n) is 11.6. The normalized spacial score (nSPS) is 10.9. The lowest BCUT2D eigenvalue weighted by atomic mass is 10.1. The van der Waals surface area contributed by atoms with Gasteiger partial charge in [0, 0.05) is 38.3 Å². The lowest BCUT2D eigenvalue weighted by Gasteiger charge is -2.14. The molecule has 5 nitrogen and oxygen atoms in total. The molecule has 1 aromatic rings. The molecule has 0 aliphatic carbocycles. The predicted octanol–water partition coefficient (Wildman–Crippen LogP) is 1.61. The summed E-state index contributed by atoms with van der Waals surface area (Å²) in [5, 5.41) is 7.33. The van der Waals surface area contributed by atoms with Crippen LogP contribution in [0.1, 0.15) is 22.8 Å². The highest BCUT2D eigenvalue weighted by atomic mass is 19.4. The second-order valence-corrected chi connectivity index (χ2v) is 4.25. The number of carbonyl (C=O) groups is 2. The predicted molar refractivity (Wildman–Crippen MR) is 72.0 cm³/mol. The van der Waals surface area contributed by atoms with Crippen molar-refractivity contribution in [2.45, 2.75) is 13.1 Å². The zero-order chi connectivity index (χ0) is 16.0. The van der Waals surface area contributed by atoms with Crippen LogP contribution < -0.4 is 16.0 Å². The van der Waals surface area contributed by atoms with Crippen LogP contribution in [0.3, 0.4) is 0 Å². The van der Waals surface area contributed by atoms with E-state index in [0.717, 1.165) is 6.07 Å². The quantitative estimate of drug-likeness (QED) is 0.724. The summed E-state index contributed by atoms with van der Waals surface area (Å²) in [4.78, 5) is 22.4. The maximum atomic E-state index is 12.9. The Morgan fingerprint density at radius 1 is 1.14 bits per heavy atom. The third kappa shape index (κ3) is 4.97. The van der Waals surface area contributed by atoms with Gasteiger partial charge in [0.1, 0.15) is 0 Å². The first kappa shape index (κ1) is 16.8. The number of hydrogen-bond donors (Lipinski definition) is 3. The van der Waals surface area contributed by atoms with E-state index in [0.29, 0.717) is 0 Å². The van der Waals surface area contributed by atoms with Gasteiger partial charge in [-0.25, -0.2) is 0 Å². The molecule has 0 fully saturated rings. The molecule has 21 heavy (non-hydrogen) atoms. The van der Waals surface area contributed by atoms with E-state index in [9.17, 15) is 22.8 Å². The number of alkyl halides is 3. The standard InChI is InChI=1S/C13H16F3N3O2/c1-8(20)18-5-6-19-12(21)9-3-4-11(17-2)10(7-9)13(14,15)16/h3-4,7,17H,5-6H2,1-2H3,(H,18,20)(H,19,21). The summed E-state index contributed by atoms with van der Waals surface area (Å²) in [5.74, 6) is -0.879. The van der Waals surface area contributed by atoms with Gasteiger partial charge in [-0.05, 0) is 18.2 Å². The van der Waals surface area contributed by atoms with Crippen LogP contribution in [-0.2, 0) is 11.0 Å². The number of anilines is 1. The smallest absolute Gasteiger partial charge is 0.388 e. The maximum absolute atomic E-state index is 12.9. The molecule has 0 aliphatic rings. The van der Waals surface area contributed by atoms with Gasteiger partial charge in [-0.1, -0.05) is 0 Å². The summed E-state index contributed by atoms with van der Waals surface area (Å²) in [6, 6.07) is 3.29. The van der Waals surface area contributed by atoms with Gasteiger partial charge in [0.25, 0.3) is 5.91 Å². The summed E-state index contributed by atoms with van der Waals surface area (Å²) >= 11 is 0. The van der Waals surface area contributed by atoms with Crippen molar-refractivity contribution in [1.29, 1.82) is 0 Å². The van der Waals surface area contributed by atoms with Gasteiger partial charge >= 0.3 is 6.18 Å². The average Bonchev–Trinajstić information content (AvgIpc) is 2.41. The van der Waals surface area contributed by atoms with Crippen LogP contribution in [0.25, 0.3) is 0 Å². The van der Waals surface area contributed by atoms with Crippen molar-refractivity contribution in [1.82, 2.24) is 10.6 Å². The molecule has 116 valence electrons. The fraction of sp³-hybridized carbons (Fsp3) is 0.385. The molecular formula is C13H16F3N3O2. The van der Waals surface area contributed by atoms with Gasteiger partial charge in [0.2, 0.25) is 5.91 Å². The molecule has 0 saturated carbocycles. The van der Waals surface area contributed by atoms with E-state index in [1.807, 2.05) is 0 Å². The van der Waals surface area contributed by atoms with Crippen molar-refractivity contribution >= 4 is 17.5 Å². The van der Waals surface area contributed by atoms with Crippen LogP contribution in [0.15, 0.2) is 18.2 Å². The topological polar surface area (TPSA) is 70.2 Å². The number of amides is 2. The molecule has 8 heteroatoms. The zero-order valence-corrected chi connectivity index (χ0v) is 11.6. The Kier molecular flexibility index (Phi) is 5.57. The fourth-order valence-corrected chi connectivity index (χ4v) is 1.65. The molecular weight excluding hydrogens is 287 g/mol. The molecule has 0 radical (unpaired) electrons. The van der Waals surface area contributed by atoms with Gasteiger partial charge in [0.05, 0.1) is 5.56 Å². The van der Waals surface area contributed by atoms with E-state index in [4.69, 9.17) is 0 Å². The molecule has 0 saturated heterocycles. The first-order chi connectivity index (χ1) is 9.75. The van der Waals surface area contributed by atoms with Crippen molar-refractivity contribution in [2.24, 2.45) is 0 Å². The Morgan fingerprint density at radius 2 is 1.76 bits per heavy atom. The molecule has 0 spiro atoms. The average molecular weight is 303 g/mol. The molecule has 0 atom stereocenters. The van der Waals surface area contributed by atoms with Gasteiger partial charge in [0.15, 0.2) is 0 Å². The molecule has 1 rings (SSSR count). The Balaban J connectivity index is 2.79. The number of hydrogen-bond acceptors (Lipinski definition) is 3. The highest BCUT2D eigenvalue weighted by molar-refractivity contribution is 5.95. The minimum Gasteiger partial charge on any atom is -0.388 e. The van der Waals surface area contributed by atoms with E-state index >= 15 is 0 Å². The van der Waals surface area contributed by atoms with Crippen molar-refractivity contribution < 1.29 is 22.8 Å². The minimum absolute atomic E-state index is 0.0934. The van der Waals surface area contributed by atoms with Gasteiger partial charge in [-0.3, -0.25) is 9.59 Å². The molecule has 0 unspecified atom stereocenters. The number of benzene rings is 1. The summed E-state index contributed by atoms with van der Waals surface area (Å²) < 4.78 is 38.6. The van der Waals surface area contributed by atoms with Crippen molar-refractivity contribution in [2.75, 3.05) is 25.5 Å². The third-order valence-corrected chi connectivity index (χ3v) is 2.64. The van der Waals surface area contributed by atoms with Gasteiger partial charge in [-0.15, -0.1) is 0 Å². The van der Waals surface area contributed by atoms with E-state index in [-0.39, 0.29) is 30.2 Å². The summed E-state index contributed by atoms with van der Waals surface area (Å²) in [6.07, 6.45) is -4.55. The molecule has 3 N–H and O–H groups in total. The maximum Gasteiger partial charge on any atom is 0.418 e. The Morgan fingerprint density at radius 3 is 2.29 bits per heavy atom. The number of halogens is 3. The van der Waals surface area contributed by atoms with Crippen LogP contribution in [-0.4, -0.2) is 32.0 Å². The number of rotatable bonds is 5. The van der Waals surface area contributed by atoms with Crippen LogP contribution in [0.2, 0.25) is 0 Å². The first-order valence-electron chi connectivity index (χ1n) is 6.17. The molecule has 0 bridgehead atoms. The van der Waals surface area contributed by atoms with Crippen molar-refractivity contribution in [3.63, 3.8) is 0 Å². The van der Waals surface area contributed by atoms with Crippen LogP contribution in [0.4, 0.5) is 18.9 Å². The second-order valence-electron chi connectivity index (χ2n) is 4.25. The fourth-order valence-electron chi connectivity index (χ4n) is 1.65. The Hall–Kier alpha value is -2.25. The summed E-state index contributed by atoms with van der Waals surface area (Å²) in [5.41, 5.74) is -1.10. The molecule has 2 amide bonds.